The second kappa shape index (κ2) is 10.8. The maximum atomic E-state index is 11.5. The van der Waals surface area contributed by atoms with Crippen molar-refractivity contribution in [3.63, 3.8) is 0 Å². The zero-order valence-electron chi connectivity index (χ0n) is 16.0. The van der Waals surface area contributed by atoms with Crippen molar-refractivity contribution >= 4 is 34.3 Å². The van der Waals surface area contributed by atoms with Gasteiger partial charge in [-0.15, -0.1) is 17.7 Å². The Morgan fingerprint density at radius 3 is 2.68 bits per heavy atom. The maximum Gasteiger partial charge on any atom is 0.441 e. The molecule has 0 aliphatic carbocycles. The monoisotopic (exact) mass is 421 g/mol. The second-order valence-corrected chi connectivity index (χ2v) is 11.0. The van der Waals surface area contributed by atoms with Crippen LogP contribution in [0.5, 0.6) is 0 Å². The van der Waals surface area contributed by atoms with E-state index in [4.69, 9.17) is 8.37 Å². The highest BCUT2D eigenvalue weighted by Gasteiger charge is 2.48. The van der Waals surface area contributed by atoms with Crippen molar-refractivity contribution in [3.05, 3.63) is 35.9 Å². The van der Waals surface area contributed by atoms with Crippen molar-refractivity contribution in [2.75, 3.05) is 24.6 Å². The van der Waals surface area contributed by atoms with E-state index in [0.29, 0.717) is 12.3 Å². The van der Waals surface area contributed by atoms with E-state index in [0.717, 1.165) is 44.4 Å². The van der Waals surface area contributed by atoms with Gasteiger partial charge >= 0.3 is 11.9 Å². The summed E-state index contributed by atoms with van der Waals surface area (Å²) >= 11 is 1.74. The van der Waals surface area contributed by atoms with E-state index < -0.39 is 22.5 Å². The number of nitrogens with one attached hydrogen (secondary N) is 1. The first kappa shape index (κ1) is 21.1. The molecular formula is C21H27NO4S2. The summed E-state index contributed by atoms with van der Waals surface area (Å²) in [6.45, 7) is 1.66. The number of rotatable bonds is 8. The van der Waals surface area contributed by atoms with Gasteiger partial charge in [-0.3, -0.25) is 0 Å². The van der Waals surface area contributed by atoms with Gasteiger partial charge in [-0.2, -0.15) is 0 Å². The summed E-state index contributed by atoms with van der Waals surface area (Å²) in [7, 11) is -2.05. The Bertz CT molecular complexity index is 713. The summed E-state index contributed by atoms with van der Waals surface area (Å²) in [4.78, 5) is 23.0. The van der Waals surface area contributed by atoms with Crippen LogP contribution in [0.4, 0.5) is 0 Å². The van der Waals surface area contributed by atoms with Gasteiger partial charge in [-0.25, -0.2) is 9.59 Å². The molecule has 2 fully saturated rings. The molecule has 28 heavy (non-hydrogen) atoms. The number of hydrogen-bond donors (Lipinski definition) is 1. The van der Waals surface area contributed by atoms with Gasteiger partial charge in [-0.05, 0) is 50.0 Å². The third-order valence-electron chi connectivity index (χ3n) is 4.63. The molecule has 0 saturated carbocycles. The Morgan fingerprint density at radius 1 is 1.11 bits per heavy atom. The molecule has 0 amide bonds. The van der Waals surface area contributed by atoms with E-state index in [1.807, 2.05) is 6.07 Å². The number of benzene rings is 1. The predicted molar refractivity (Wildman–Crippen MR) is 115 cm³/mol. The highest BCUT2D eigenvalue weighted by atomic mass is 32.3. The van der Waals surface area contributed by atoms with Crippen molar-refractivity contribution in [1.29, 1.82) is 0 Å². The molecule has 3 rings (SSSR count). The van der Waals surface area contributed by atoms with E-state index in [1.165, 1.54) is 12.0 Å². The maximum absolute atomic E-state index is 11.5. The average Bonchev–Trinajstić information content (AvgIpc) is 2.99. The third-order valence-corrected chi connectivity index (χ3v) is 9.81. The Balaban J connectivity index is 1.28. The first-order chi connectivity index (χ1) is 13.7. The fourth-order valence-corrected chi connectivity index (χ4v) is 8.25. The van der Waals surface area contributed by atoms with Crippen molar-refractivity contribution in [2.24, 2.45) is 0 Å². The molecule has 1 N–H and O–H groups in total. The molecule has 1 aromatic rings. The standard InChI is InChI=1S/C21H27NO4S2/c23-20-21(24)26-28(25-20)17-9-16-27-19(28)13-5-2-7-14-22-15-8-6-12-18-10-3-1-4-11-18/h1,3-4,10-11,19,22H,5-6,8-9,12-17H2. The van der Waals surface area contributed by atoms with E-state index in [1.54, 1.807) is 11.8 Å². The predicted octanol–water partition coefficient (Wildman–Crippen LogP) is 3.58. The molecule has 2 aliphatic heterocycles. The SMILES string of the molecule is O=C1OS2(CCCSC2CCC#CCNCCCCc2ccccc2)OC1=O. The van der Waals surface area contributed by atoms with Gasteiger partial charge < -0.3 is 13.7 Å². The smallest absolute Gasteiger partial charge is 0.333 e. The first-order valence-electron chi connectivity index (χ1n) is 9.79. The number of unbranched alkanes of at least 4 members (excludes halogenated alkanes) is 1. The minimum Gasteiger partial charge on any atom is -0.333 e. The largest absolute Gasteiger partial charge is 0.441 e. The van der Waals surface area contributed by atoms with Crippen LogP contribution in [-0.4, -0.2) is 41.1 Å². The number of carbonyl (C=O) groups is 2. The van der Waals surface area contributed by atoms with Crippen LogP contribution in [0.2, 0.25) is 0 Å². The summed E-state index contributed by atoms with van der Waals surface area (Å²) in [6.07, 6.45) is 5.84. The zero-order valence-corrected chi connectivity index (χ0v) is 17.6. The van der Waals surface area contributed by atoms with Gasteiger partial charge in [0.05, 0.1) is 12.3 Å². The molecule has 2 saturated heterocycles. The van der Waals surface area contributed by atoms with Crippen LogP contribution in [0.25, 0.3) is 0 Å². The molecule has 7 heteroatoms. The highest BCUT2D eigenvalue weighted by molar-refractivity contribution is 8.35. The minimum atomic E-state index is -2.05. The summed E-state index contributed by atoms with van der Waals surface area (Å²) in [5.41, 5.74) is 1.39. The van der Waals surface area contributed by atoms with Crippen LogP contribution >= 0.6 is 22.4 Å². The molecule has 2 aliphatic rings. The van der Waals surface area contributed by atoms with Crippen molar-refractivity contribution < 1.29 is 18.0 Å². The molecule has 1 unspecified atom stereocenters. The van der Waals surface area contributed by atoms with E-state index in [2.05, 4.69) is 41.4 Å². The summed E-state index contributed by atoms with van der Waals surface area (Å²) in [6, 6.07) is 10.5. The molecule has 0 bridgehead atoms. The topological polar surface area (TPSA) is 64.6 Å². The average molecular weight is 422 g/mol. The molecule has 0 radical (unpaired) electrons. The van der Waals surface area contributed by atoms with Crippen molar-refractivity contribution in [1.82, 2.24) is 5.32 Å². The van der Waals surface area contributed by atoms with Gasteiger partial charge in [-0.1, -0.05) is 46.8 Å². The van der Waals surface area contributed by atoms with Gasteiger partial charge in [0, 0.05) is 6.42 Å². The zero-order chi connectivity index (χ0) is 19.7. The van der Waals surface area contributed by atoms with Gasteiger partial charge in [0.15, 0.2) is 0 Å². The number of hydrogen-bond acceptors (Lipinski definition) is 6. The van der Waals surface area contributed by atoms with E-state index in [-0.39, 0.29) is 4.58 Å². The van der Waals surface area contributed by atoms with Crippen LogP contribution in [0.3, 0.4) is 0 Å². The molecule has 1 spiro atoms. The van der Waals surface area contributed by atoms with Crippen LogP contribution in [0.1, 0.15) is 37.7 Å². The molecule has 1 aromatic carbocycles. The third kappa shape index (κ3) is 5.94. The lowest BCUT2D eigenvalue weighted by Crippen LogP contribution is -2.24. The Morgan fingerprint density at radius 2 is 1.89 bits per heavy atom. The normalized spacial score (nSPS) is 21.5. The fourth-order valence-electron chi connectivity index (χ4n) is 3.22. The lowest BCUT2D eigenvalue weighted by molar-refractivity contribution is -0.150. The molecular weight excluding hydrogens is 394 g/mol. The molecule has 2 heterocycles. The van der Waals surface area contributed by atoms with Gasteiger partial charge in [0.2, 0.25) is 0 Å². The molecule has 5 nitrogen and oxygen atoms in total. The van der Waals surface area contributed by atoms with Crippen molar-refractivity contribution in [2.45, 2.75) is 43.1 Å². The quantitative estimate of drug-likeness (QED) is 0.393. The Kier molecular flexibility index (Phi) is 8.13. The van der Waals surface area contributed by atoms with Crippen LogP contribution in [0, 0.1) is 11.8 Å². The second-order valence-electron chi connectivity index (χ2n) is 6.77. The van der Waals surface area contributed by atoms with Gasteiger partial charge in [0.1, 0.15) is 4.58 Å². The molecule has 1 atom stereocenters. The Labute approximate surface area is 173 Å². The summed E-state index contributed by atoms with van der Waals surface area (Å²) < 4.78 is 10.8. The fraction of sp³-hybridized carbons (Fsp3) is 0.524. The molecule has 152 valence electrons. The van der Waals surface area contributed by atoms with Crippen LogP contribution in [-0.2, 0) is 24.4 Å². The highest BCUT2D eigenvalue weighted by Crippen LogP contribution is 2.65. The van der Waals surface area contributed by atoms with Crippen LogP contribution in [0.15, 0.2) is 30.3 Å². The minimum absolute atomic E-state index is 0.0527. The van der Waals surface area contributed by atoms with E-state index in [9.17, 15) is 9.59 Å². The number of carbonyl (C=O) groups excluding carboxylic acids is 2. The van der Waals surface area contributed by atoms with Crippen LogP contribution < -0.4 is 5.32 Å². The molecule has 0 aromatic heterocycles. The summed E-state index contributed by atoms with van der Waals surface area (Å²) in [5.74, 6) is 6.35. The number of aryl methyl sites for hydroxylation is 1. The number of thioether (sulfide) groups is 1. The van der Waals surface area contributed by atoms with Gasteiger partial charge in [0.25, 0.3) is 0 Å². The first-order valence-corrected chi connectivity index (χ1v) is 12.5. The Hall–Kier alpha value is -1.62. The van der Waals surface area contributed by atoms with E-state index >= 15 is 0 Å². The summed E-state index contributed by atoms with van der Waals surface area (Å²) in [5, 5.41) is 3.36. The lowest BCUT2D eigenvalue weighted by Gasteiger charge is -2.44. The lowest BCUT2D eigenvalue weighted by atomic mass is 10.1. The van der Waals surface area contributed by atoms with Crippen molar-refractivity contribution in [3.8, 4) is 11.8 Å².